The summed E-state index contributed by atoms with van der Waals surface area (Å²) in [6, 6.07) is 0. The SMILES string of the molecule is CC/C=C\C/C=C\C/C=C\C/C=C\C/C=C\CCCC(=O)OC[C@@H](COC(=O)CCCCCCCCCCC)OC(=O)CCCCCCCCCCCCCCC. The standard InChI is InChI=1S/C51H88O6/c1-4-7-10-13-16-19-21-23-24-25-26-28-29-32-35-38-41-44-50(53)56-47-48(46-55-49(52)43-40-37-34-31-18-15-12-9-6-3)57-51(54)45-42-39-36-33-30-27-22-20-17-14-11-8-5-2/h7,10,16,19,23-24,26,28,32,35,48H,4-6,8-9,11-15,17-18,20-22,25,27,29-31,33-34,36-47H2,1-3H3/b10-7-,19-16-,24-23-,28-26-,35-32-/t48-/m1/s1. The van der Waals surface area contributed by atoms with Gasteiger partial charge in [0.25, 0.3) is 0 Å². The Labute approximate surface area is 351 Å². The summed E-state index contributed by atoms with van der Waals surface area (Å²) in [5.74, 6) is -0.952. The van der Waals surface area contributed by atoms with Gasteiger partial charge >= 0.3 is 17.9 Å². The smallest absolute Gasteiger partial charge is 0.306 e. The van der Waals surface area contributed by atoms with Crippen LogP contribution in [0.4, 0.5) is 0 Å². The molecule has 0 fully saturated rings. The van der Waals surface area contributed by atoms with Crippen molar-refractivity contribution in [2.45, 2.75) is 232 Å². The van der Waals surface area contributed by atoms with Crippen molar-refractivity contribution < 1.29 is 28.6 Å². The molecule has 0 spiro atoms. The largest absolute Gasteiger partial charge is 0.462 e. The van der Waals surface area contributed by atoms with Crippen molar-refractivity contribution >= 4 is 17.9 Å². The van der Waals surface area contributed by atoms with Gasteiger partial charge in [-0.15, -0.1) is 0 Å². The van der Waals surface area contributed by atoms with E-state index in [2.05, 4.69) is 81.5 Å². The van der Waals surface area contributed by atoms with Crippen LogP contribution in [0, 0.1) is 0 Å². The zero-order valence-electron chi connectivity index (χ0n) is 37.3. The van der Waals surface area contributed by atoms with Crippen molar-refractivity contribution in [1.29, 1.82) is 0 Å². The summed E-state index contributed by atoms with van der Waals surface area (Å²) in [4.78, 5) is 37.7. The fourth-order valence-electron chi connectivity index (χ4n) is 6.48. The highest BCUT2D eigenvalue weighted by Crippen LogP contribution is 2.15. The first-order valence-corrected chi connectivity index (χ1v) is 23.8. The van der Waals surface area contributed by atoms with E-state index in [1.807, 2.05) is 0 Å². The van der Waals surface area contributed by atoms with E-state index in [0.29, 0.717) is 19.3 Å². The van der Waals surface area contributed by atoms with Crippen LogP contribution in [0.15, 0.2) is 60.8 Å². The van der Waals surface area contributed by atoms with Gasteiger partial charge in [-0.2, -0.15) is 0 Å². The minimum Gasteiger partial charge on any atom is -0.462 e. The molecule has 0 aliphatic heterocycles. The molecule has 0 aliphatic carbocycles. The number of carbonyl (C=O) groups is 3. The predicted molar refractivity (Wildman–Crippen MR) is 242 cm³/mol. The first kappa shape index (κ1) is 54.1. The van der Waals surface area contributed by atoms with E-state index in [4.69, 9.17) is 14.2 Å². The number of allylic oxidation sites excluding steroid dienone is 10. The summed E-state index contributed by atoms with van der Waals surface area (Å²) < 4.78 is 16.7. The molecule has 0 heterocycles. The lowest BCUT2D eigenvalue weighted by atomic mass is 10.0. The molecule has 0 aromatic heterocycles. The second kappa shape index (κ2) is 45.8. The molecule has 1 atom stereocenters. The molecular weight excluding hydrogens is 709 g/mol. The fourth-order valence-corrected chi connectivity index (χ4v) is 6.48. The van der Waals surface area contributed by atoms with Gasteiger partial charge in [0.2, 0.25) is 0 Å². The first-order valence-electron chi connectivity index (χ1n) is 23.8. The maximum atomic E-state index is 12.7. The lowest BCUT2D eigenvalue weighted by Gasteiger charge is -2.18. The van der Waals surface area contributed by atoms with Gasteiger partial charge in [0, 0.05) is 19.3 Å². The van der Waals surface area contributed by atoms with Crippen molar-refractivity contribution in [3.05, 3.63) is 60.8 Å². The normalized spacial score (nSPS) is 12.5. The number of esters is 3. The number of carbonyl (C=O) groups excluding carboxylic acids is 3. The zero-order chi connectivity index (χ0) is 41.5. The Morgan fingerprint density at radius 1 is 0.368 bits per heavy atom. The van der Waals surface area contributed by atoms with Crippen LogP contribution in [0.25, 0.3) is 0 Å². The summed E-state index contributed by atoms with van der Waals surface area (Å²) in [6.07, 6.45) is 54.9. The average molecular weight is 797 g/mol. The summed E-state index contributed by atoms with van der Waals surface area (Å²) in [5.41, 5.74) is 0. The van der Waals surface area contributed by atoms with E-state index >= 15 is 0 Å². The number of unbranched alkanes of at least 4 members (excludes halogenated alkanes) is 21. The van der Waals surface area contributed by atoms with Crippen molar-refractivity contribution in [2.24, 2.45) is 0 Å². The van der Waals surface area contributed by atoms with Crippen LogP contribution in [0.3, 0.4) is 0 Å². The molecule has 0 saturated carbocycles. The topological polar surface area (TPSA) is 78.9 Å². The van der Waals surface area contributed by atoms with Crippen LogP contribution in [0.1, 0.15) is 226 Å². The van der Waals surface area contributed by atoms with Gasteiger partial charge in [-0.05, 0) is 57.8 Å². The molecule has 0 radical (unpaired) electrons. The molecule has 0 aromatic rings. The Bertz CT molecular complexity index is 1050. The lowest BCUT2D eigenvalue weighted by molar-refractivity contribution is -0.167. The molecule has 328 valence electrons. The van der Waals surface area contributed by atoms with E-state index < -0.39 is 6.10 Å². The van der Waals surface area contributed by atoms with Gasteiger partial charge in [0.15, 0.2) is 6.10 Å². The molecule has 0 bridgehead atoms. The minimum absolute atomic E-state index is 0.0894. The molecule has 6 heteroatoms. The van der Waals surface area contributed by atoms with E-state index in [1.165, 1.54) is 103 Å². The van der Waals surface area contributed by atoms with Gasteiger partial charge < -0.3 is 14.2 Å². The minimum atomic E-state index is -0.790. The highest BCUT2D eigenvalue weighted by molar-refractivity contribution is 5.71. The zero-order valence-corrected chi connectivity index (χ0v) is 37.3. The molecule has 0 rings (SSSR count). The molecular formula is C51H88O6. The Balaban J connectivity index is 4.43. The Morgan fingerprint density at radius 2 is 0.684 bits per heavy atom. The van der Waals surface area contributed by atoms with Crippen LogP contribution in [0.2, 0.25) is 0 Å². The van der Waals surface area contributed by atoms with E-state index in [9.17, 15) is 14.4 Å². The molecule has 0 aliphatic rings. The van der Waals surface area contributed by atoms with Crippen molar-refractivity contribution in [2.75, 3.05) is 13.2 Å². The molecule has 6 nitrogen and oxygen atoms in total. The Hall–Kier alpha value is -2.89. The van der Waals surface area contributed by atoms with Crippen LogP contribution in [-0.2, 0) is 28.6 Å². The van der Waals surface area contributed by atoms with Crippen molar-refractivity contribution in [3.63, 3.8) is 0 Å². The van der Waals surface area contributed by atoms with E-state index in [1.54, 1.807) is 0 Å². The van der Waals surface area contributed by atoms with Crippen molar-refractivity contribution in [1.82, 2.24) is 0 Å². The summed E-state index contributed by atoms with van der Waals surface area (Å²) in [7, 11) is 0. The Kier molecular flexibility index (Phi) is 43.5. The van der Waals surface area contributed by atoms with Crippen LogP contribution < -0.4 is 0 Å². The summed E-state index contributed by atoms with van der Waals surface area (Å²) in [5, 5.41) is 0. The van der Waals surface area contributed by atoms with Gasteiger partial charge in [-0.1, -0.05) is 210 Å². The quantitative estimate of drug-likeness (QED) is 0.0265. The second-order valence-corrected chi connectivity index (χ2v) is 15.6. The number of hydrogen-bond donors (Lipinski definition) is 0. The van der Waals surface area contributed by atoms with Crippen LogP contribution in [-0.4, -0.2) is 37.2 Å². The third-order valence-corrected chi connectivity index (χ3v) is 10.0. The molecule has 0 unspecified atom stereocenters. The Morgan fingerprint density at radius 3 is 1.07 bits per heavy atom. The maximum absolute atomic E-state index is 12.7. The molecule has 57 heavy (non-hydrogen) atoms. The van der Waals surface area contributed by atoms with Crippen LogP contribution >= 0.6 is 0 Å². The molecule has 0 amide bonds. The third-order valence-electron chi connectivity index (χ3n) is 10.0. The fraction of sp³-hybridized carbons (Fsp3) is 0.745. The lowest BCUT2D eigenvalue weighted by Crippen LogP contribution is -2.30. The van der Waals surface area contributed by atoms with Gasteiger partial charge in [0.05, 0.1) is 0 Å². The molecule has 0 aromatic carbocycles. The predicted octanol–water partition coefficient (Wildman–Crippen LogP) is 15.3. The highest BCUT2D eigenvalue weighted by atomic mass is 16.6. The number of rotatable bonds is 42. The van der Waals surface area contributed by atoms with Gasteiger partial charge in [-0.3, -0.25) is 14.4 Å². The van der Waals surface area contributed by atoms with E-state index in [-0.39, 0.29) is 37.5 Å². The molecule has 0 N–H and O–H groups in total. The number of hydrogen-bond acceptors (Lipinski definition) is 6. The van der Waals surface area contributed by atoms with Gasteiger partial charge in [-0.25, -0.2) is 0 Å². The van der Waals surface area contributed by atoms with Gasteiger partial charge in [0.1, 0.15) is 13.2 Å². The van der Waals surface area contributed by atoms with Crippen molar-refractivity contribution in [3.8, 4) is 0 Å². The maximum Gasteiger partial charge on any atom is 0.306 e. The van der Waals surface area contributed by atoms with Crippen LogP contribution in [0.5, 0.6) is 0 Å². The monoisotopic (exact) mass is 797 g/mol. The highest BCUT2D eigenvalue weighted by Gasteiger charge is 2.19. The average Bonchev–Trinajstić information content (AvgIpc) is 3.21. The third kappa shape index (κ3) is 44.1. The second-order valence-electron chi connectivity index (χ2n) is 15.6. The summed E-state index contributed by atoms with van der Waals surface area (Å²) >= 11 is 0. The first-order chi connectivity index (χ1) is 28.0. The summed E-state index contributed by atoms with van der Waals surface area (Å²) in [6.45, 7) is 6.45. The molecule has 0 saturated heterocycles. The number of ether oxygens (including phenoxy) is 3. The van der Waals surface area contributed by atoms with E-state index in [0.717, 1.165) is 77.0 Å².